The van der Waals surface area contributed by atoms with Crippen LogP contribution >= 0.6 is 11.3 Å². The van der Waals surface area contributed by atoms with Gasteiger partial charge in [0.25, 0.3) is 5.91 Å². The van der Waals surface area contributed by atoms with Crippen molar-refractivity contribution in [3.63, 3.8) is 0 Å². The third kappa shape index (κ3) is 6.39. The molecule has 0 unspecified atom stereocenters. The standard InChI is InChI=1S/C22H24N4O6S/c1-2-31-22(30)18-15-5-3-4-6-16(15)33-21(18)25-19(28)20(29)26-24-11-13-7-9-14(10-8-13)32-12-17(23)27/h7-11H,2-6,12H2,1H3,(H2,23,27)(H,25,28)(H,26,29). The Balaban J connectivity index is 1.61. The quantitative estimate of drug-likeness (QED) is 0.231. The van der Waals surface area contributed by atoms with Crippen LogP contribution in [0.25, 0.3) is 0 Å². The number of hydrazone groups is 1. The van der Waals surface area contributed by atoms with Crippen molar-refractivity contribution in [2.45, 2.75) is 32.6 Å². The maximum Gasteiger partial charge on any atom is 0.341 e. The van der Waals surface area contributed by atoms with Crippen LogP contribution in [0.2, 0.25) is 0 Å². The first-order chi connectivity index (χ1) is 15.9. The predicted molar refractivity (Wildman–Crippen MR) is 122 cm³/mol. The number of ether oxygens (including phenoxy) is 2. The van der Waals surface area contributed by atoms with Crippen molar-refractivity contribution < 1.29 is 28.7 Å². The van der Waals surface area contributed by atoms with Crippen LogP contribution < -0.4 is 21.2 Å². The maximum absolute atomic E-state index is 12.5. The number of anilines is 1. The molecule has 3 amide bonds. The van der Waals surface area contributed by atoms with Crippen LogP contribution in [0.5, 0.6) is 5.75 Å². The highest BCUT2D eigenvalue weighted by Gasteiger charge is 2.28. The number of fused-ring (bicyclic) bond motifs is 1. The highest BCUT2D eigenvalue weighted by atomic mass is 32.1. The molecule has 10 nitrogen and oxygen atoms in total. The molecule has 0 aliphatic heterocycles. The van der Waals surface area contributed by atoms with Crippen molar-refractivity contribution in [1.29, 1.82) is 0 Å². The molecule has 4 N–H and O–H groups in total. The molecule has 1 heterocycles. The molecule has 0 atom stereocenters. The number of esters is 1. The number of primary amides is 1. The molecular formula is C22H24N4O6S. The Bertz CT molecular complexity index is 1080. The highest BCUT2D eigenvalue weighted by Crippen LogP contribution is 2.38. The minimum atomic E-state index is -0.978. The number of nitrogens with one attached hydrogen (secondary N) is 2. The van der Waals surface area contributed by atoms with Crippen molar-refractivity contribution in [3.05, 3.63) is 45.8 Å². The van der Waals surface area contributed by atoms with Gasteiger partial charge in [0, 0.05) is 4.88 Å². The number of nitrogens with two attached hydrogens (primary N) is 1. The van der Waals surface area contributed by atoms with Crippen LogP contribution in [0.1, 0.15) is 46.1 Å². The topological polar surface area (TPSA) is 149 Å². The van der Waals surface area contributed by atoms with E-state index < -0.39 is 23.7 Å². The molecule has 33 heavy (non-hydrogen) atoms. The van der Waals surface area contributed by atoms with Crippen molar-refractivity contribution in [2.75, 3.05) is 18.5 Å². The fraction of sp³-hybridized carbons (Fsp3) is 0.318. The van der Waals surface area contributed by atoms with E-state index in [1.807, 2.05) is 0 Å². The molecule has 11 heteroatoms. The molecule has 1 aliphatic rings. The average molecular weight is 473 g/mol. The third-order valence-corrected chi connectivity index (χ3v) is 5.93. The number of carbonyl (C=O) groups excluding carboxylic acids is 4. The van der Waals surface area contributed by atoms with E-state index in [4.69, 9.17) is 15.2 Å². The van der Waals surface area contributed by atoms with Gasteiger partial charge in [0.15, 0.2) is 6.61 Å². The number of thiophene rings is 1. The fourth-order valence-electron chi connectivity index (χ4n) is 3.25. The van der Waals surface area contributed by atoms with Crippen LogP contribution in [0.4, 0.5) is 5.00 Å². The van der Waals surface area contributed by atoms with Crippen molar-refractivity contribution in [2.24, 2.45) is 10.8 Å². The van der Waals surface area contributed by atoms with Gasteiger partial charge >= 0.3 is 17.8 Å². The zero-order valence-corrected chi connectivity index (χ0v) is 18.8. The number of carbonyl (C=O) groups is 4. The van der Waals surface area contributed by atoms with Gasteiger partial charge in [-0.15, -0.1) is 11.3 Å². The molecule has 0 saturated heterocycles. The molecule has 0 fully saturated rings. The minimum Gasteiger partial charge on any atom is -0.484 e. The Hall–Kier alpha value is -3.73. The summed E-state index contributed by atoms with van der Waals surface area (Å²) < 4.78 is 10.3. The summed E-state index contributed by atoms with van der Waals surface area (Å²) in [5.74, 6) is -2.56. The molecule has 0 saturated carbocycles. The van der Waals surface area contributed by atoms with Gasteiger partial charge in [-0.2, -0.15) is 5.10 Å². The SMILES string of the molecule is CCOC(=O)c1c(NC(=O)C(=O)NN=Cc2ccc(OCC(N)=O)cc2)sc2c1CCCC2. The van der Waals surface area contributed by atoms with Crippen molar-refractivity contribution in [3.8, 4) is 5.75 Å². The molecule has 0 radical (unpaired) electrons. The molecule has 174 valence electrons. The van der Waals surface area contributed by atoms with E-state index in [1.54, 1.807) is 31.2 Å². The Morgan fingerprint density at radius 3 is 2.55 bits per heavy atom. The molecule has 2 aromatic rings. The Morgan fingerprint density at radius 2 is 1.85 bits per heavy atom. The Labute approximate surface area is 194 Å². The lowest BCUT2D eigenvalue weighted by Crippen LogP contribution is -2.32. The fourth-order valence-corrected chi connectivity index (χ4v) is 4.53. The van der Waals surface area contributed by atoms with Crippen LogP contribution in [0.15, 0.2) is 29.4 Å². The van der Waals surface area contributed by atoms with E-state index in [0.717, 1.165) is 36.1 Å². The summed E-state index contributed by atoms with van der Waals surface area (Å²) in [6, 6.07) is 6.50. The van der Waals surface area contributed by atoms with E-state index in [0.29, 0.717) is 21.9 Å². The highest BCUT2D eigenvalue weighted by molar-refractivity contribution is 7.17. The average Bonchev–Trinajstić information content (AvgIpc) is 3.16. The lowest BCUT2D eigenvalue weighted by molar-refractivity contribution is -0.136. The van der Waals surface area contributed by atoms with Gasteiger partial charge in [0.05, 0.1) is 18.4 Å². The summed E-state index contributed by atoms with van der Waals surface area (Å²) in [6.07, 6.45) is 4.87. The summed E-state index contributed by atoms with van der Waals surface area (Å²) in [4.78, 5) is 48.8. The minimum absolute atomic E-state index is 0.213. The number of benzene rings is 1. The van der Waals surface area contributed by atoms with Gasteiger partial charge in [0.1, 0.15) is 10.8 Å². The molecule has 1 aromatic carbocycles. The maximum atomic E-state index is 12.5. The monoisotopic (exact) mass is 472 g/mol. The predicted octanol–water partition coefficient (Wildman–Crippen LogP) is 1.76. The molecular weight excluding hydrogens is 448 g/mol. The summed E-state index contributed by atoms with van der Waals surface area (Å²) in [5, 5.41) is 6.61. The van der Waals surface area contributed by atoms with Crippen molar-refractivity contribution in [1.82, 2.24) is 5.43 Å². The number of hydrogen-bond acceptors (Lipinski definition) is 8. The largest absolute Gasteiger partial charge is 0.484 e. The van der Waals surface area contributed by atoms with E-state index in [1.165, 1.54) is 17.6 Å². The van der Waals surface area contributed by atoms with E-state index >= 15 is 0 Å². The normalized spacial score (nSPS) is 12.6. The third-order valence-electron chi connectivity index (χ3n) is 4.73. The Morgan fingerprint density at radius 1 is 1.12 bits per heavy atom. The van der Waals surface area contributed by atoms with E-state index in [-0.39, 0.29) is 13.2 Å². The number of rotatable bonds is 8. The molecule has 0 bridgehead atoms. The zero-order chi connectivity index (χ0) is 23.8. The van der Waals surface area contributed by atoms with Crippen LogP contribution in [0.3, 0.4) is 0 Å². The second-order valence-corrected chi connectivity index (χ2v) is 8.22. The van der Waals surface area contributed by atoms with Crippen LogP contribution in [-0.4, -0.2) is 43.1 Å². The zero-order valence-electron chi connectivity index (χ0n) is 18.0. The van der Waals surface area contributed by atoms with E-state index in [2.05, 4.69) is 15.8 Å². The lowest BCUT2D eigenvalue weighted by Gasteiger charge is -2.12. The number of nitrogens with zero attached hydrogens (tertiary/aromatic N) is 1. The van der Waals surface area contributed by atoms with Gasteiger partial charge in [-0.1, -0.05) is 0 Å². The second-order valence-electron chi connectivity index (χ2n) is 7.11. The Kier molecular flexibility index (Phi) is 8.14. The van der Waals surface area contributed by atoms with Gasteiger partial charge in [-0.25, -0.2) is 10.2 Å². The summed E-state index contributed by atoms with van der Waals surface area (Å²) in [5.41, 5.74) is 9.02. The van der Waals surface area contributed by atoms with Gasteiger partial charge in [0.2, 0.25) is 0 Å². The first-order valence-electron chi connectivity index (χ1n) is 10.4. The molecule has 3 rings (SSSR count). The lowest BCUT2D eigenvalue weighted by atomic mass is 9.95. The summed E-state index contributed by atoms with van der Waals surface area (Å²) in [6.45, 7) is 1.69. The van der Waals surface area contributed by atoms with Gasteiger partial charge < -0.3 is 20.5 Å². The number of amides is 3. The molecule has 1 aromatic heterocycles. The van der Waals surface area contributed by atoms with Crippen LogP contribution in [-0.2, 0) is 32.0 Å². The summed E-state index contributed by atoms with van der Waals surface area (Å²) >= 11 is 1.30. The second kappa shape index (κ2) is 11.2. The van der Waals surface area contributed by atoms with Crippen molar-refractivity contribution >= 4 is 46.2 Å². The summed E-state index contributed by atoms with van der Waals surface area (Å²) in [7, 11) is 0. The molecule has 1 aliphatic carbocycles. The van der Waals surface area contributed by atoms with E-state index in [9.17, 15) is 19.2 Å². The number of aryl methyl sites for hydroxylation is 1. The number of hydrogen-bond donors (Lipinski definition) is 3. The van der Waals surface area contributed by atoms with Gasteiger partial charge in [-0.05, 0) is 68.0 Å². The molecule has 0 spiro atoms. The van der Waals surface area contributed by atoms with Crippen LogP contribution in [0, 0.1) is 0 Å². The first kappa shape index (κ1) is 23.9. The smallest absolute Gasteiger partial charge is 0.341 e. The van der Waals surface area contributed by atoms with Gasteiger partial charge in [-0.3, -0.25) is 14.4 Å². The first-order valence-corrected chi connectivity index (χ1v) is 11.2.